The summed E-state index contributed by atoms with van der Waals surface area (Å²) in [5.74, 6) is 1.30. The Balaban J connectivity index is 1.59. The number of nitrogens with two attached hydrogens (primary N) is 1. The molecule has 3 N–H and O–H groups in total. The summed E-state index contributed by atoms with van der Waals surface area (Å²) < 4.78 is 41.5. The molecule has 156 valence electrons. The predicted molar refractivity (Wildman–Crippen MR) is 107 cm³/mol. The SMILES string of the molecule is CC1CCN(c2ccc(CN=C(N)Nc3ccccc3OC(F)(F)F)cn2)CC1. The van der Waals surface area contributed by atoms with Crippen LogP contribution >= 0.6 is 0 Å². The number of ether oxygens (including phenoxy) is 1. The van der Waals surface area contributed by atoms with Crippen molar-refractivity contribution in [3.63, 3.8) is 0 Å². The van der Waals surface area contributed by atoms with Crippen LogP contribution in [0.1, 0.15) is 25.3 Å². The number of hydrogen-bond acceptors (Lipinski definition) is 4. The number of halogens is 3. The molecule has 1 aliphatic rings. The largest absolute Gasteiger partial charge is 0.573 e. The molecule has 9 heteroatoms. The number of rotatable bonds is 5. The highest BCUT2D eigenvalue weighted by Gasteiger charge is 2.32. The van der Waals surface area contributed by atoms with Crippen LogP contribution in [0, 0.1) is 5.92 Å². The van der Waals surface area contributed by atoms with E-state index in [0.29, 0.717) is 0 Å². The lowest BCUT2D eigenvalue weighted by Gasteiger charge is -2.31. The Morgan fingerprint density at radius 3 is 2.62 bits per heavy atom. The van der Waals surface area contributed by atoms with Crippen molar-refractivity contribution in [2.75, 3.05) is 23.3 Å². The van der Waals surface area contributed by atoms with E-state index in [1.807, 2.05) is 12.1 Å². The molecule has 2 aromatic rings. The second kappa shape index (κ2) is 9.02. The molecule has 1 saturated heterocycles. The van der Waals surface area contributed by atoms with Gasteiger partial charge in [-0.1, -0.05) is 25.1 Å². The second-order valence-corrected chi connectivity index (χ2v) is 7.06. The molecule has 1 fully saturated rings. The molecule has 0 spiro atoms. The topological polar surface area (TPSA) is 75.8 Å². The van der Waals surface area contributed by atoms with Gasteiger partial charge in [-0.05, 0) is 42.5 Å². The zero-order chi connectivity index (χ0) is 20.9. The van der Waals surface area contributed by atoms with E-state index in [1.165, 1.54) is 18.2 Å². The first-order valence-electron chi connectivity index (χ1n) is 9.42. The fourth-order valence-electron chi connectivity index (χ4n) is 3.07. The number of anilines is 2. The van der Waals surface area contributed by atoms with Crippen molar-refractivity contribution >= 4 is 17.5 Å². The fraction of sp³-hybridized carbons (Fsp3) is 0.400. The van der Waals surface area contributed by atoms with E-state index in [-0.39, 0.29) is 23.9 Å². The Morgan fingerprint density at radius 1 is 1.24 bits per heavy atom. The van der Waals surface area contributed by atoms with E-state index in [2.05, 4.69) is 31.9 Å². The summed E-state index contributed by atoms with van der Waals surface area (Å²) in [6, 6.07) is 9.53. The number of benzene rings is 1. The minimum Gasteiger partial charge on any atom is -0.404 e. The zero-order valence-corrected chi connectivity index (χ0v) is 16.1. The molecular weight excluding hydrogens is 383 g/mol. The number of nitrogens with zero attached hydrogens (tertiary/aromatic N) is 3. The monoisotopic (exact) mass is 407 g/mol. The highest BCUT2D eigenvalue weighted by molar-refractivity contribution is 5.93. The summed E-state index contributed by atoms with van der Waals surface area (Å²) >= 11 is 0. The molecule has 1 aliphatic heterocycles. The summed E-state index contributed by atoms with van der Waals surface area (Å²) in [6.07, 6.45) is -0.723. The van der Waals surface area contributed by atoms with Crippen molar-refractivity contribution in [2.24, 2.45) is 16.6 Å². The van der Waals surface area contributed by atoms with Crippen molar-refractivity contribution in [2.45, 2.75) is 32.7 Å². The van der Waals surface area contributed by atoms with Crippen molar-refractivity contribution < 1.29 is 17.9 Å². The molecule has 1 aromatic carbocycles. The lowest BCUT2D eigenvalue weighted by Crippen LogP contribution is -2.33. The Morgan fingerprint density at radius 2 is 1.97 bits per heavy atom. The molecule has 1 aromatic heterocycles. The molecule has 0 amide bonds. The van der Waals surface area contributed by atoms with Crippen LogP contribution in [0.3, 0.4) is 0 Å². The molecule has 0 bridgehead atoms. The van der Waals surface area contributed by atoms with Crippen LogP contribution in [0.25, 0.3) is 0 Å². The standard InChI is InChI=1S/C20H24F3N5O/c1-14-8-10-28(11-9-14)18-7-6-15(12-25-18)13-26-19(24)27-16-4-2-3-5-17(16)29-20(21,22)23/h2-7,12,14H,8-11,13H2,1H3,(H3,24,26,27). The number of nitrogens with one attached hydrogen (secondary N) is 1. The lowest BCUT2D eigenvalue weighted by atomic mass is 9.99. The second-order valence-electron chi connectivity index (χ2n) is 7.06. The van der Waals surface area contributed by atoms with E-state index in [4.69, 9.17) is 5.73 Å². The van der Waals surface area contributed by atoms with Gasteiger partial charge in [0.1, 0.15) is 5.82 Å². The van der Waals surface area contributed by atoms with Gasteiger partial charge in [-0.2, -0.15) is 0 Å². The van der Waals surface area contributed by atoms with Crippen LogP contribution in [0.15, 0.2) is 47.6 Å². The van der Waals surface area contributed by atoms with Gasteiger partial charge >= 0.3 is 6.36 Å². The Kier molecular flexibility index (Phi) is 6.46. The number of aromatic nitrogens is 1. The van der Waals surface area contributed by atoms with Crippen LogP contribution in [0.5, 0.6) is 5.75 Å². The Labute approximate surface area is 167 Å². The maximum Gasteiger partial charge on any atom is 0.573 e. The zero-order valence-electron chi connectivity index (χ0n) is 16.1. The van der Waals surface area contributed by atoms with Crippen LogP contribution in [-0.2, 0) is 6.54 Å². The average molecular weight is 407 g/mol. The number of guanidine groups is 1. The molecule has 0 atom stereocenters. The van der Waals surface area contributed by atoms with E-state index >= 15 is 0 Å². The molecule has 29 heavy (non-hydrogen) atoms. The molecule has 0 unspecified atom stereocenters. The minimum absolute atomic E-state index is 0.0164. The van der Waals surface area contributed by atoms with Crippen LogP contribution in [0.4, 0.5) is 24.7 Å². The third-order valence-corrected chi connectivity index (χ3v) is 4.72. The third-order valence-electron chi connectivity index (χ3n) is 4.72. The quantitative estimate of drug-likeness (QED) is 0.575. The van der Waals surface area contributed by atoms with E-state index in [0.717, 1.165) is 43.2 Å². The number of aliphatic imine (C=N–C) groups is 1. The van der Waals surface area contributed by atoms with Gasteiger partial charge < -0.3 is 20.7 Å². The molecule has 0 saturated carbocycles. The minimum atomic E-state index is -4.79. The van der Waals surface area contributed by atoms with Crippen LogP contribution in [0.2, 0.25) is 0 Å². The highest BCUT2D eigenvalue weighted by Crippen LogP contribution is 2.29. The summed E-state index contributed by atoms with van der Waals surface area (Å²) in [4.78, 5) is 10.9. The highest BCUT2D eigenvalue weighted by atomic mass is 19.4. The molecule has 3 rings (SSSR count). The predicted octanol–water partition coefficient (Wildman–Crippen LogP) is 4.14. The third kappa shape index (κ3) is 6.27. The number of piperidine rings is 1. The normalized spacial score (nSPS) is 16.0. The van der Waals surface area contributed by atoms with E-state index in [1.54, 1.807) is 12.3 Å². The maximum absolute atomic E-state index is 12.5. The van der Waals surface area contributed by atoms with Gasteiger partial charge in [0.05, 0.1) is 12.2 Å². The first kappa shape index (κ1) is 20.8. The van der Waals surface area contributed by atoms with Crippen LogP contribution in [-0.4, -0.2) is 30.4 Å². The van der Waals surface area contributed by atoms with E-state index in [9.17, 15) is 13.2 Å². The van der Waals surface area contributed by atoms with Gasteiger partial charge in [-0.15, -0.1) is 13.2 Å². The molecule has 2 heterocycles. The van der Waals surface area contributed by atoms with Crippen molar-refractivity contribution in [3.05, 3.63) is 48.2 Å². The molecule has 0 radical (unpaired) electrons. The van der Waals surface area contributed by atoms with Gasteiger partial charge in [0.15, 0.2) is 11.7 Å². The van der Waals surface area contributed by atoms with Crippen LogP contribution < -0.4 is 20.7 Å². The van der Waals surface area contributed by atoms with Gasteiger partial charge in [-0.3, -0.25) is 0 Å². The van der Waals surface area contributed by atoms with Gasteiger partial charge in [-0.25, -0.2) is 9.98 Å². The van der Waals surface area contributed by atoms with Crippen molar-refractivity contribution in [3.8, 4) is 5.75 Å². The van der Waals surface area contributed by atoms with Crippen molar-refractivity contribution in [1.82, 2.24) is 4.98 Å². The fourth-order valence-corrected chi connectivity index (χ4v) is 3.07. The van der Waals surface area contributed by atoms with Gasteiger partial charge in [0, 0.05) is 19.3 Å². The summed E-state index contributed by atoms with van der Waals surface area (Å²) in [5.41, 5.74) is 6.75. The number of alkyl halides is 3. The first-order chi connectivity index (χ1) is 13.8. The molecule has 6 nitrogen and oxygen atoms in total. The van der Waals surface area contributed by atoms with E-state index < -0.39 is 6.36 Å². The maximum atomic E-state index is 12.5. The first-order valence-corrected chi connectivity index (χ1v) is 9.42. The van der Waals surface area contributed by atoms with Crippen molar-refractivity contribution in [1.29, 1.82) is 0 Å². The smallest absolute Gasteiger partial charge is 0.404 e. The number of para-hydroxylation sites is 2. The Hall–Kier alpha value is -2.97. The lowest BCUT2D eigenvalue weighted by molar-refractivity contribution is -0.274. The molecule has 0 aliphatic carbocycles. The summed E-state index contributed by atoms with van der Waals surface area (Å²) in [7, 11) is 0. The molecular formula is C20H24F3N5O. The average Bonchev–Trinajstić information content (AvgIpc) is 2.68. The summed E-state index contributed by atoms with van der Waals surface area (Å²) in [5, 5.41) is 2.64. The number of hydrogen-bond donors (Lipinski definition) is 2. The Bertz CT molecular complexity index is 831. The van der Waals surface area contributed by atoms with Gasteiger partial charge in [0.2, 0.25) is 0 Å². The number of pyridine rings is 1. The van der Waals surface area contributed by atoms with Gasteiger partial charge in [0.25, 0.3) is 0 Å². The summed E-state index contributed by atoms with van der Waals surface area (Å²) in [6.45, 7) is 4.52.